The highest BCUT2D eigenvalue weighted by atomic mass is 32.1. The van der Waals surface area contributed by atoms with Crippen LogP contribution in [0.5, 0.6) is 5.75 Å². The number of hydrogen-bond acceptors (Lipinski definition) is 5. The molecule has 0 radical (unpaired) electrons. The lowest BCUT2D eigenvalue weighted by Gasteiger charge is -2.09. The summed E-state index contributed by atoms with van der Waals surface area (Å²) in [5.41, 5.74) is 7.44. The van der Waals surface area contributed by atoms with Gasteiger partial charge in [0, 0.05) is 16.8 Å². The minimum Gasteiger partial charge on any atom is -0.497 e. The van der Waals surface area contributed by atoms with Crippen LogP contribution in [0.1, 0.15) is 10.4 Å². The second kappa shape index (κ2) is 6.55. The van der Waals surface area contributed by atoms with Crippen LogP contribution in [-0.2, 0) is 17.9 Å². The van der Waals surface area contributed by atoms with Gasteiger partial charge in [0.05, 0.1) is 23.5 Å². The van der Waals surface area contributed by atoms with Gasteiger partial charge in [-0.2, -0.15) is 5.10 Å². The van der Waals surface area contributed by atoms with Gasteiger partial charge in [-0.15, -0.1) is 11.3 Å². The Morgan fingerprint density at radius 1 is 1.33 bits per heavy atom. The molecule has 138 valence electrons. The van der Waals surface area contributed by atoms with E-state index in [0.717, 1.165) is 36.5 Å². The molecule has 0 bridgehead atoms. The van der Waals surface area contributed by atoms with Gasteiger partial charge in [0.25, 0.3) is 5.56 Å². The monoisotopic (exact) mass is 382 g/mol. The van der Waals surface area contributed by atoms with Gasteiger partial charge in [0.1, 0.15) is 17.8 Å². The number of amides is 1. The zero-order valence-corrected chi connectivity index (χ0v) is 15.7. The number of rotatable bonds is 5. The van der Waals surface area contributed by atoms with Crippen LogP contribution >= 0.6 is 11.3 Å². The van der Waals surface area contributed by atoms with Gasteiger partial charge in [0.2, 0.25) is 5.91 Å². The van der Waals surface area contributed by atoms with Gasteiger partial charge in [-0.1, -0.05) is 12.1 Å². The first-order valence-electron chi connectivity index (χ1n) is 8.37. The van der Waals surface area contributed by atoms with Gasteiger partial charge in [0.15, 0.2) is 0 Å². The Morgan fingerprint density at radius 2 is 2.15 bits per heavy atom. The van der Waals surface area contributed by atoms with E-state index in [9.17, 15) is 9.59 Å². The largest absolute Gasteiger partial charge is 0.497 e. The molecule has 0 aliphatic rings. The van der Waals surface area contributed by atoms with Crippen molar-refractivity contribution >= 4 is 38.4 Å². The van der Waals surface area contributed by atoms with E-state index in [0.29, 0.717) is 12.1 Å². The summed E-state index contributed by atoms with van der Waals surface area (Å²) in [5.74, 6) is 0.155. The maximum atomic E-state index is 13.0. The topological polar surface area (TPSA) is 92.1 Å². The molecule has 0 fully saturated rings. The molecular weight excluding hydrogens is 364 g/mol. The molecule has 7 nitrogen and oxygen atoms in total. The first-order valence-corrected chi connectivity index (χ1v) is 9.19. The van der Waals surface area contributed by atoms with E-state index >= 15 is 0 Å². The third-order valence-corrected chi connectivity index (χ3v) is 5.51. The Morgan fingerprint density at radius 3 is 2.89 bits per heavy atom. The van der Waals surface area contributed by atoms with Crippen molar-refractivity contribution in [3.63, 3.8) is 0 Å². The molecule has 27 heavy (non-hydrogen) atoms. The number of aromatic nitrogens is 3. The van der Waals surface area contributed by atoms with E-state index in [1.807, 2.05) is 35.8 Å². The zero-order chi connectivity index (χ0) is 19.1. The maximum absolute atomic E-state index is 13.0. The quantitative estimate of drug-likeness (QED) is 0.573. The summed E-state index contributed by atoms with van der Waals surface area (Å²) in [6.07, 6.45) is 1.64. The summed E-state index contributed by atoms with van der Waals surface area (Å²) in [6.45, 7) is 2.29. The summed E-state index contributed by atoms with van der Waals surface area (Å²) >= 11 is 1.62. The van der Waals surface area contributed by atoms with E-state index in [-0.39, 0.29) is 12.1 Å². The van der Waals surface area contributed by atoms with Crippen molar-refractivity contribution in [2.45, 2.75) is 20.0 Å². The number of fused-ring (bicyclic) bond motifs is 3. The molecule has 1 aromatic carbocycles. The summed E-state index contributed by atoms with van der Waals surface area (Å²) in [5, 5.41) is 4.92. The molecule has 4 aromatic rings. The van der Waals surface area contributed by atoms with E-state index in [1.54, 1.807) is 24.6 Å². The van der Waals surface area contributed by atoms with Crippen LogP contribution in [-0.4, -0.2) is 27.4 Å². The second-order valence-electron chi connectivity index (χ2n) is 6.35. The average Bonchev–Trinajstić information content (AvgIpc) is 3.14. The molecule has 3 heterocycles. The molecule has 0 unspecified atom stereocenters. The van der Waals surface area contributed by atoms with E-state index in [4.69, 9.17) is 10.5 Å². The minimum atomic E-state index is -0.604. The second-order valence-corrected chi connectivity index (χ2v) is 7.60. The number of hydrogen-bond donors (Lipinski definition) is 1. The number of carbonyl (C=O) groups excluding carboxylic acids is 1. The van der Waals surface area contributed by atoms with Crippen molar-refractivity contribution in [1.82, 2.24) is 14.3 Å². The number of methoxy groups -OCH3 is 1. The van der Waals surface area contributed by atoms with Crippen LogP contribution in [0.3, 0.4) is 0 Å². The highest BCUT2D eigenvalue weighted by Gasteiger charge is 2.19. The van der Waals surface area contributed by atoms with Crippen molar-refractivity contribution in [3.05, 3.63) is 57.3 Å². The van der Waals surface area contributed by atoms with Crippen molar-refractivity contribution < 1.29 is 9.53 Å². The van der Waals surface area contributed by atoms with Crippen LogP contribution in [0.25, 0.3) is 21.1 Å². The van der Waals surface area contributed by atoms with Gasteiger partial charge in [-0.05, 0) is 30.7 Å². The fourth-order valence-corrected chi connectivity index (χ4v) is 4.32. The predicted octanol–water partition coefficient (Wildman–Crippen LogP) is 2.26. The number of benzene rings is 1. The van der Waals surface area contributed by atoms with Crippen LogP contribution in [0.15, 0.2) is 41.3 Å². The Bertz CT molecular complexity index is 1240. The maximum Gasteiger partial charge on any atom is 0.291 e. The van der Waals surface area contributed by atoms with Crippen LogP contribution in [0.2, 0.25) is 0 Å². The first kappa shape index (κ1) is 17.3. The van der Waals surface area contributed by atoms with Crippen molar-refractivity contribution in [2.24, 2.45) is 5.73 Å². The average molecular weight is 382 g/mol. The summed E-state index contributed by atoms with van der Waals surface area (Å²) < 4.78 is 9.41. The van der Waals surface area contributed by atoms with Crippen LogP contribution < -0.4 is 16.0 Å². The van der Waals surface area contributed by atoms with Gasteiger partial charge < -0.3 is 15.0 Å². The highest BCUT2D eigenvalue weighted by molar-refractivity contribution is 7.20. The third-order valence-electron chi connectivity index (χ3n) is 4.44. The standard InChI is InChI=1S/C19H18N4O3S/c1-11-6-15-18(27-11)14-8-21-23(10-16(20)24)19(25)17(14)22(15)9-12-4-3-5-13(7-12)26-2/h3-8H,9-10H2,1-2H3,(H2,20,24). The highest BCUT2D eigenvalue weighted by Crippen LogP contribution is 2.34. The van der Waals surface area contributed by atoms with Crippen molar-refractivity contribution in [3.8, 4) is 5.75 Å². The number of aryl methyl sites for hydroxylation is 1. The molecule has 0 aliphatic heterocycles. The van der Waals surface area contributed by atoms with Gasteiger partial charge in [-0.3, -0.25) is 9.59 Å². The Labute approximate surface area is 158 Å². The molecule has 0 saturated carbocycles. The van der Waals surface area contributed by atoms with Crippen molar-refractivity contribution in [1.29, 1.82) is 0 Å². The van der Waals surface area contributed by atoms with Gasteiger partial charge in [-0.25, -0.2) is 4.68 Å². The molecule has 3 aromatic heterocycles. The van der Waals surface area contributed by atoms with Gasteiger partial charge >= 0.3 is 0 Å². The lowest BCUT2D eigenvalue weighted by atomic mass is 10.2. The van der Waals surface area contributed by atoms with E-state index in [1.165, 1.54) is 0 Å². The fraction of sp³-hybridized carbons (Fsp3) is 0.211. The zero-order valence-electron chi connectivity index (χ0n) is 14.9. The molecule has 2 N–H and O–H groups in total. The van der Waals surface area contributed by atoms with Crippen LogP contribution in [0, 0.1) is 6.92 Å². The number of thiophene rings is 1. The smallest absolute Gasteiger partial charge is 0.291 e. The lowest BCUT2D eigenvalue weighted by molar-refractivity contribution is -0.118. The third kappa shape index (κ3) is 2.97. The molecule has 0 atom stereocenters. The molecular formula is C19H18N4O3S. The number of nitrogens with two attached hydrogens (primary N) is 1. The SMILES string of the molecule is COc1cccc(Cn2c3cc(C)sc3c3cnn(CC(N)=O)c(=O)c32)c1. The molecule has 4 rings (SSSR count). The predicted molar refractivity (Wildman–Crippen MR) is 105 cm³/mol. The number of ether oxygens (including phenoxy) is 1. The molecule has 8 heteroatoms. The Balaban J connectivity index is 1.97. The number of carbonyl (C=O) groups is 1. The Kier molecular flexibility index (Phi) is 4.19. The summed E-state index contributed by atoms with van der Waals surface area (Å²) in [4.78, 5) is 25.4. The molecule has 0 aliphatic carbocycles. The summed E-state index contributed by atoms with van der Waals surface area (Å²) in [7, 11) is 1.62. The van der Waals surface area contributed by atoms with E-state index < -0.39 is 5.91 Å². The lowest BCUT2D eigenvalue weighted by Crippen LogP contribution is -2.30. The molecule has 0 saturated heterocycles. The first-order chi connectivity index (χ1) is 13.0. The number of nitrogens with zero attached hydrogens (tertiary/aromatic N) is 3. The Hall–Kier alpha value is -3.13. The normalized spacial score (nSPS) is 11.3. The minimum absolute atomic E-state index is 0.244. The van der Waals surface area contributed by atoms with E-state index in [2.05, 4.69) is 11.2 Å². The fourth-order valence-electron chi connectivity index (χ4n) is 3.30. The number of primary amides is 1. The summed E-state index contributed by atoms with van der Waals surface area (Å²) in [6, 6.07) is 9.80. The molecule has 1 amide bonds. The van der Waals surface area contributed by atoms with Crippen LogP contribution in [0.4, 0.5) is 0 Å². The molecule has 0 spiro atoms. The van der Waals surface area contributed by atoms with Crippen molar-refractivity contribution in [2.75, 3.05) is 7.11 Å².